The molecular weight excluding hydrogens is 469 g/mol. The second-order valence-electron chi connectivity index (χ2n) is 9.36. The van der Waals surface area contributed by atoms with Crippen LogP contribution in [0.25, 0.3) is 5.65 Å². The topological polar surface area (TPSA) is 83.4 Å². The minimum Gasteiger partial charge on any atom is -0.373 e. The number of hydrogen-bond acceptors (Lipinski definition) is 6. The van der Waals surface area contributed by atoms with Crippen LogP contribution < -0.4 is 5.32 Å². The number of nitrogens with zero attached hydrogens (tertiary/aromatic N) is 5. The second kappa shape index (κ2) is 9.56. The van der Waals surface area contributed by atoms with Crippen LogP contribution in [0.4, 0.5) is 16.0 Å². The zero-order valence-corrected chi connectivity index (χ0v) is 21.0. The summed E-state index contributed by atoms with van der Waals surface area (Å²) in [5.74, 6) is 1.00. The van der Waals surface area contributed by atoms with E-state index in [1.165, 1.54) is 6.07 Å². The average molecular weight is 498 g/mol. The van der Waals surface area contributed by atoms with E-state index in [0.29, 0.717) is 40.8 Å². The maximum absolute atomic E-state index is 14.6. The molecule has 0 amide bonds. The summed E-state index contributed by atoms with van der Waals surface area (Å²) in [4.78, 5) is 7.24. The highest BCUT2D eigenvalue weighted by molar-refractivity contribution is 6.30. The van der Waals surface area contributed by atoms with E-state index in [4.69, 9.17) is 26.4 Å². The van der Waals surface area contributed by atoms with Crippen LogP contribution in [0.2, 0.25) is 5.02 Å². The van der Waals surface area contributed by atoms with Crippen molar-refractivity contribution in [1.82, 2.24) is 29.7 Å². The van der Waals surface area contributed by atoms with Gasteiger partial charge >= 0.3 is 0 Å². The molecule has 10 heteroatoms. The second-order valence-corrected chi connectivity index (χ2v) is 9.79. The predicted octanol–water partition coefficient (Wildman–Crippen LogP) is 4.81. The zero-order chi connectivity index (χ0) is 24.7. The van der Waals surface area contributed by atoms with Crippen LogP contribution in [-0.4, -0.2) is 55.0 Å². The van der Waals surface area contributed by atoms with E-state index >= 15 is 0 Å². The summed E-state index contributed by atoms with van der Waals surface area (Å²) in [5.41, 5.74) is 4.86. The van der Waals surface area contributed by atoms with Crippen LogP contribution in [-0.2, 0) is 17.7 Å². The fourth-order valence-corrected chi connectivity index (χ4v) is 4.88. The predicted molar refractivity (Wildman–Crippen MR) is 134 cm³/mol. The molecule has 0 saturated carbocycles. The number of fused-ring (bicyclic) bond motifs is 1. The molecule has 4 aromatic rings. The number of morpholine rings is 1. The fourth-order valence-electron chi connectivity index (χ4n) is 4.72. The Morgan fingerprint density at radius 3 is 2.60 bits per heavy atom. The van der Waals surface area contributed by atoms with Gasteiger partial charge in [0.05, 0.1) is 23.6 Å². The minimum absolute atomic E-state index is 0.156. The van der Waals surface area contributed by atoms with E-state index in [1.807, 2.05) is 30.5 Å². The average Bonchev–Trinajstić information content (AvgIpc) is 3.32. The molecule has 0 spiro atoms. The minimum atomic E-state index is -0.339. The number of halogens is 2. The lowest BCUT2D eigenvalue weighted by Gasteiger charge is -2.35. The molecule has 35 heavy (non-hydrogen) atoms. The first-order valence-corrected chi connectivity index (χ1v) is 12.1. The number of aryl methyl sites for hydroxylation is 2. The third-order valence-corrected chi connectivity index (χ3v) is 6.42. The highest BCUT2D eigenvalue weighted by Gasteiger charge is 2.24. The van der Waals surface area contributed by atoms with Crippen molar-refractivity contribution in [2.24, 2.45) is 0 Å². The highest BCUT2D eigenvalue weighted by atomic mass is 35.5. The van der Waals surface area contributed by atoms with Gasteiger partial charge in [0.1, 0.15) is 11.6 Å². The van der Waals surface area contributed by atoms with Crippen LogP contribution in [0.1, 0.15) is 42.1 Å². The van der Waals surface area contributed by atoms with Crippen LogP contribution in [0.5, 0.6) is 0 Å². The van der Waals surface area contributed by atoms with Gasteiger partial charge in [-0.25, -0.2) is 13.9 Å². The molecule has 1 saturated heterocycles. The van der Waals surface area contributed by atoms with Crippen molar-refractivity contribution < 1.29 is 9.13 Å². The molecule has 0 radical (unpaired) electrons. The quantitative estimate of drug-likeness (QED) is 0.398. The van der Waals surface area contributed by atoms with Crippen molar-refractivity contribution in [3.05, 3.63) is 69.4 Å². The van der Waals surface area contributed by atoms with Gasteiger partial charge in [-0.2, -0.15) is 10.2 Å². The number of H-pyrrole nitrogens is 1. The molecule has 1 aliphatic rings. The van der Waals surface area contributed by atoms with Gasteiger partial charge in [-0.3, -0.25) is 10.00 Å². The SMILES string of the molecule is Cc1cc(Nc2cc(CN3C[C@@H](C)O[C@@H](C)C3)n3nc(C)c(Cc4ccc(Cl)cc4F)c3n2)n[nH]1. The fraction of sp³-hybridized carbons (Fsp3) is 0.400. The normalized spacial score (nSPS) is 18.9. The number of anilines is 2. The Kier molecular flexibility index (Phi) is 6.48. The molecule has 2 atom stereocenters. The van der Waals surface area contributed by atoms with Gasteiger partial charge < -0.3 is 10.1 Å². The molecule has 8 nitrogen and oxygen atoms in total. The summed E-state index contributed by atoms with van der Waals surface area (Å²) < 4.78 is 22.4. The van der Waals surface area contributed by atoms with Crippen molar-refractivity contribution in [3.8, 4) is 0 Å². The molecule has 5 rings (SSSR count). The molecule has 1 aromatic carbocycles. The molecule has 0 aliphatic carbocycles. The van der Waals surface area contributed by atoms with Gasteiger partial charge in [-0.05, 0) is 45.4 Å². The van der Waals surface area contributed by atoms with Crippen LogP contribution in [0, 0.1) is 19.7 Å². The Balaban J connectivity index is 1.56. The number of aromatic amines is 1. The number of rotatable bonds is 6. The van der Waals surface area contributed by atoms with Gasteiger partial charge in [0.15, 0.2) is 11.5 Å². The Morgan fingerprint density at radius 1 is 1.14 bits per heavy atom. The van der Waals surface area contributed by atoms with Crippen molar-refractivity contribution >= 4 is 28.9 Å². The third kappa shape index (κ3) is 5.17. The van der Waals surface area contributed by atoms with Crippen LogP contribution in [0.3, 0.4) is 0 Å². The summed E-state index contributed by atoms with van der Waals surface area (Å²) in [5, 5.41) is 15.7. The van der Waals surface area contributed by atoms with Crippen LogP contribution in [0.15, 0.2) is 30.3 Å². The monoisotopic (exact) mass is 497 g/mol. The molecule has 1 aliphatic heterocycles. The summed E-state index contributed by atoms with van der Waals surface area (Å²) in [6.45, 7) is 10.4. The maximum atomic E-state index is 14.6. The number of benzene rings is 1. The number of aromatic nitrogens is 5. The molecule has 3 aromatic heterocycles. The smallest absolute Gasteiger partial charge is 0.161 e. The summed E-state index contributed by atoms with van der Waals surface area (Å²) in [6, 6.07) is 8.67. The molecule has 0 bridgehead atoms. The van der Waals surface area contributed by atoms with Gasteiger partial charge in [-0.1, -0.05) is 17.7 Å². The summed E-state index contributed by atoms with van der Waals surface area (Å²) >= 11 is 5.96. The first-order valence-electron chi connectivity index (χ1n) is 11.7. The number of nitrogens with one attached hydrogen (secondary N) is 2. The largest absolute Gasteiger partial charge is 0.373 e. The Hall–Kier alpha value is -3.01. The van der Waals surface area contributed by atoms with Gasteiger partial charge in [0.2, 0.25) is 0 Å². The molecule has 4 heterocycles. The van der Waals surface area contributed by atoms with E-state index in [-0.39, 0.29) is 18.0 Å². The number of ether oxygens (including phenoxy) is 1. The van der Waals surface area contributed by atoms with Crippen molar-refractivity contribution in [2.45, 2.75) is 52.9 Å². The van der Waals surface area contributed by atoms with Gasteiger partial charge in [-0.15, -0.1) is 0 Å². The van der Waals surface area contributed by atoms with Crippen LogP contribution >= 0.6 is 11.6 Å². The summed E-state index contributed by atoms with van der Waals surface area (Å²) in [7, 11) is 0. The summed E-state index contributed by atoms with van der Waals surface area (Å²) in [6.07, 6.45) is 0.675. The van der Waals surface area contributed by atoms with Gasteiger partial charge in [0.25, 0.3) is 0 Å². The van der Waals surface area contributed by atoms with E-state index in [9.17, 15) is 4.39 Å². The standard InChI is InChI=1S/C25H29ClFN7O/c1-14-7-24(31-30-14)28-23-10-20(13-33-11-15(2)35-16(3)12-33)34-25(29-23)21(17(4)32-34)8-18-5-6-19(26)9-22(18)27/h5-7,9-10,15-16H,8,11-13H2,1-4H3,(H2,28,29,30,31)/t15-,16+. The Bertz CT molecular complexity index is 1360. The molecule has 1 fully saturated rings. The lowest BCUT2D eigenvalue weighted by molar-refractivity contribution is -0.0709. The Labute approximate surface area is 208 Å². The first-order chi connectivity index (χ1) is 16.7. The lowest BCUT2D eigenvalue weighted by atomic mass is 10.0. The molecule has 0 unspecified atom stereocenters. The number of hydrogen-bond donors (Lipinski definition) is 2. The highest BCUT2D eigenvalue weighted by Crippen LogP contribution is 2.26. The van der Waals surface area contributed by atoms with Crippen molar-refractivity contribution in [1.29, 1.82) is 0 Å². The van der Waals surface area contributed by atoms with E-state index < -0.39 is 0 Å². The van der Waals surface area contributed by atoms with Crippen molar-refractivity contribution in [3.63, 3.8) is 0 Å². The van der Waals surface area contributed by atoms with E-state index in [1.54, 1.807) is 12.1 Å². The Morgan fingerprint density at radius 2 is 1.91 bits per heavy atom. The molecule has 2 N–H and O–H groups in total. The lowest BCUT2D eigenvalue weighted by Crippen LogP contribution is -2.45. The van der Waals surface area contributed by atoms with Gasteiger partial charge in [0, 0.05) is 54.5 Å². The van der Waals surface area contributed by atoms with E-state index in [0.717, 1.165) is 35.7 Å². The van der Waals surface area contributed by atoms with Crippen molar-refractivity contribution in [2.75, 3.05) is 18.4 Å². The van der Waals surface area contributed by atoms with E-state index in [2.05, 4.69) is 34.3 Å². The third-order valence-electron chi connectivity index (χ3n) is 6.18. The first kappa shape index (κ1) is 23.7. The molecular formula is C25H29ClFN7O. The zero-order valence-electron chi connectivity index (χ0n) is 20.3. The molecule has 184 valence electrons. The maximum Gasteiger partial charge on any atom is 0.161 e.